The number of piperidine rings is 1. The molecule has 11 heteroatoms. The maximum Gasteiger partial charge on any atom is 0.341 e. The first-order chi connectivity index (χ1) is 17.3. The van der Waals surface area contributed by atoms with Crippen LogP contribution in [0, 0.1) is 0 Å². The summed E-state index contributed by atoms with van der Waals surface area (Å²) in [7, 11) is -3.36. The molecule has 1 fully saturated rings. The zero-order chi connectivity index (χ0) is 25.7. The van der Waals surface area contributed by atoms with Crippen molar-refractivity contribution in [2.75, 3.05) is 25.0 Å². The lowest BCUT2D eigenvalue weighted by Crippen LogP contribution is -2.42. The normalized spacial score (nSPS) is 15.1. The number of nitrogens with zero attached hydrogens (tertiary/aromatic N) is 1. The molecular weight excluding hydrogens is 568 g/mol. The smallest absolute Gasteiger partial charge is 0.341 e. The third kappa shape index (κ3) is 6.46. The zero-order valence-corrected chi connectivity index (χ0v) is 22.6. The molecule has 3 N–H and O–H groups in total. The Kier molecular flexibility index (Phi) is 8.68. The fourth-order valence-corrected chi connectivity index (χ4v) is 7.66. The molecule has 1 aliphatic rings. The van der Waals surface area contributed by atoms with Gasteiger partial charge in [0.05, 0.1) is 26.6 Å². The van der Waals surface area contributed by atoms with Crippen LogP contribution in [-0.4, -0.2) is 54.6 Å². The molecular formula is C25H27BrN2O6S2. The summed E-state index contributed by atoms with van der Waals surface area (Å²) in [5, 5.41) is 22.1. The zero-order valence-electron chi connectivity index (χ0n) is 19.4. The number of carboxylic acid groups (broad SMARTS) is 1. The van der Waals surface area contributed by atoms with E-state index in [0.29, 0.717) is 41.0 Å². The summed E-state index contributed by atoms with van der Waals surface area (Å²) in [6.07, 6.45) is 1.39. The van der Waals surface area contributed by atoms with Crippen molar-refractivity contribution < 1.29 is 28.2 Å². The molecule has 1 aromatic heterocycles. The number of rotatable bonds is 10. The Bertz CT molecular complexity index is 1310. The average molecular weight is 596 g/mol. The van der Waals surface area contributed by atoms with Gasteiger partial charge in [0.25, 0.3) is 0 Å². The number of carbonyl (C=O) groups is 1. The van der Waals surface area contributed by atoms with Crippen molar-refractivity contribution in [1.82, 2.24) is 4.31 Å². The number of aliphatic hydroxyl groups excluding tert-OH is 1. The van der Waals surface area contributed by atoms with Crippen LogP contribution >= 0.6 is 27.3 Å². The van der Waals surface area contributed by atoms with Crippen molar-refractivity contribution in [2.24, 2.45) is 0 Å². The number of thiophene rings is 1. The van der Waals surface area contributed by atoms with E-state index in [2.05, 4.69) is 21.2 Å². The monoisotopic (exact) mass is 594 g/mol. The number of carboxylic acids is 1. The molecule has 0 atom stereocenters. The van der Waals surface area contributed by atoms with Crippen molar-refractivity contribution in [2.45, 2.75) is 31.2 Å². The number of hydrogen-bond donors (Lipinski definition) is 3. The van der Waals surface area contributed by atoms with Gasteiger partial charge >= 0.3 is 5.97 Å². The van der Waals surface area contributed by atoms with Crippen LogP contribution in [0.3, 0.4) is 0 Å². The van der Waals surface area contributed by atoms with Gasteiger partial charge in [-0.2, -0.15) is 0 Å². The van der Waals surface area contributed by atoms with Gasteiger partial charge in [0, 0.05) is 24.8 Å². The van der Waals surface area contributed by atoms with Crippen LogP contribution in [0.1, 0.15) is 23.3 Å². The fraction of sp³-hybridized carbons (Fsp3) is 0.320. The SMILES string of the molecule is O=C(O)COc1c(CO)sc(-c2cccc(NC3CCN(S(=O)(=O)Cc4ccccc4)CC3)c2)c1Br. The Hall–Kier alpha value is -2.44. The number of aliphatic hydroxyl groups is 1. The quantitative estimate of drug-likeness (QED) is 0.315. The van der Waals surface area contributed by atoms with Crippen molar-refractivity contribution in [3.63, 3.8) is 0 Å². The number of halogens is 1. The Balaban J connectivity index is 1.41. The van der Waals surface area contributed by atoms with Crippen LogP contribution in [0.2, 0.25) is 0 Å². The molecule has 2 aromatic carbocycles. The molecule has 192 valence electrons. The minimum Gasteiger partial charge on any atom is -0.479 e. The van der Waals surface area contributed by atoms with Gasteiger partial charge in [-0.3, -0.25) is 0 Å². The second kappa shape index (κ2) is 11.7. The number of anilines is 1. The van der Waals surface area contributed by atoms with E-state index >= 15 is 0 Å². The number of nitrogens with one attached hydrogen (secondary N) is 1. The molecule has 3 aromatic rings. The maximum absolute atomic E-state index is 12.8. The molecule has 0 unspecified atom stereocenters. The Morgan fingerprint density at radius 3 is 2.53 bits per heavy atom. The largest absolute Gasteiger partial charge is 0.479 e. The van der Waals surface area contributed by atoms with Crippen molar-refractivity contribution in [3.8, 4) is 16.2 Å². The van der Waals surface area contributed by atoms with Crippen LogP contribution < -0.4 is 10.1 Å². The first kappa shape index (κ1) is 26.6. The van der Waals surface area contributed by atoms with E-state index in [1.54, 1.807) is 4.31 Å². The van der Waals surface area contributed by atoms with E-state index in [9.17, 15) is 18.3 Å². The minimum atomic E-state index is -3.36. The second-order valence-corrected chi connectivity index (χ2v) is 12.3. The van der Waals surface area contributed by atoms with E-state index < -0.39 is 22.6 Å². The summed E-state index contributed by atoms with van der Waals surface area (Å²) in [6.45, 7) is 0.172. The highest BCUT2D eigenvalue weighted by atomic mass is 79.9. The van der Waals surface area contributed by atoms with E-state index in [4.69, 9.17) is 9.84 Å². The summed E-state index contributed by atoms with van der Waals surface area (Å²) < 4.78 is 33.2. The standard InChI is InChI=1S/C25H27BrN2O6S2/c26-23-24(34-15-22(30)31)21(14-29)35-25(23)18-7-4-8-20(13-18)27-19-9-11-28(12-10-19)36(32,33)16-17-5-2-1-3-6-17/h1-8,13,19,27,29H,9-12,14-16H2,(H,30,31). The summed E-state index contributed by atoms with van der Waals surface area (Å²) in [5.74, 6) is -0.747. The third-order valence-corrected chi connectivity index (χ3v) is 9.97. The Morgan fingerprint density at radius 1 is 1.14 bits per heavy atom. The molecule has 2 heterocycles. The van der Waals surface area contributed by atoms with Crippen molar-refractivity contribution in [1.29, 1.82) is 0 Å². The van der Waals surface area contributed by atoms with E-state index in [-0.39, 0.29) is 18.4 Å². The van der Waals surface area contributed by atoms with Gasteiger partial charge < -0.3 is 20.3 Å². The maximum atomic E-state index is 12.8. The van der Waals surface area contributed by atoms with Gasteiger partial charge in [0.2, 0.25) is 10.0 Å². The molecule has 0 saturated carbocycles. The second-order valence-electron chi connectivity index (χ2n) is 8.48. The van der Waals surface area contributed by atoms with Gasteiger partial charge in [-0.15, -0.1) is 11.3 Å². The summed E-state index contributed by atoms with van der Waals surface area (Å²) in [4.78, 5) is 12.3. The highest BCUT2D eigenvalue weighted by molar-refractivity contribution is 9.10. The van der Waals surface area contributed by atoms with Crippen LogP contribution in [0.4, 0.5) is 5.69 Å². The minimum absolute atomic E-state index is 0.0116. The molecule has 4 rings (SSSR count). The number of ether oxygens (including phenoxy) is 1. The molecule has 36 heavy (non-hydrogen) atoms. The topological polar surface area (TPSA) is 116 Å². The van der Waals surface area contributed by atoms with Gasteiger partial charge in [0.1, 0.15) is 0 Å². The van der Waals surface area contributed by atoms with Crippen LogP contribution in [0.5, 0.6) is 5.75 Å². The average Bonchev–Trinajstić information content (AvgIpc) is 3.19. The molecule has 1 aliphatic heterocycles. The first-order valence-corrected chi connectivity index (χ1v) is 14.6. The number of aliphatic carboxylic acids is 1. The predicted molar refractivity (Wildman–Crippen MR) is 144 cm³/mol. The van der Waals surface area contributed by atoms with Gasteiger partial charge in [-0.05, 0) is 52.0 Å². The van der Waals surface area contributed by atoms with Crippen molar-refractivity contribution >= 4 is 48.9 Å². The summed E-state index contributed by atoms with van der Waals surface area (Å²) in [5.41, 5.74) is 2.58. The molecule has 0 aliphatic carbocycles. The highest BCUT2D eigenvalue weighted by Crippen LogP contribution is 2.46. The third-order valence-electron chi connectivity index (χ3n) is 5.90. The van der Waals surface area contributed by atoms with E-state index in [0.717, 1.165) is 21.7 Å². The molecule has 0 bridgehead atoms. The number of sulfonamides is 1. The predicted octanol–water partition coefficient (Wildman–Crippen LogP) is 4.54. The van der Waals surface area contributed by atoms with Crippen LogP contribution in [0.15, 0.2) is 59.1 Å². The molecule has 8 nitrogen and oxygen atoms in total. The van der Waals surface area contributed by atoms with Gasteiger partial charge in [-0.1, -0.05) is 42.5 Å². The lowest BCUT2D eigenvalue weighted by atomic mass is 10.1. The lowest BCUT2D eigenvalue weighted by molar-refractivity contribution is -0.139. The molecule has 0 radical (unpaired) electrons. The fourth-order valence-electron chi connectivity index (χ4n) is 4.15. The first-order valence-electron chi connectivity index (χ1n) is 11.4. The highest BCUT2D eigenvalue weighted by Gasteiger charge is 2.28. The van der Waals surface area contributed by atoms with Crippen LogP contribution in [-0.2, 0) is 27.2 Å². The Labute approximate surface area is 222 Å². The molecule has 0 amide bonds. The van der Waals surface area contributed by atoms with E-state index in [1.807, 2.05) is 54.6 Å². The van der Waals surface area contributed by atoms with Crippen molar-refractivity contribution in [3.05, 3.63) is 69.5 Å². The van der Waals surface area contributed by atoms with Crippen LogP contribution in [0.25, 0.3) is 10.4 Å². The van der Waals surface area contributed by atoms with E-state index in [1.165, 1.54) is 11.3 Å². The Morgan fingerprint density at radius 2 is 1.86 bits per heavy atom. The summed E-state index contributed by atoms with van der Waals surface area (Å²) in [6, 6.07) is 17.1. The summed E-state index contributed by atoms with van der Waals surface area (Å²) >= 11 is 4.83. The number of hydrogen-bond acceptors (Lipinski definition) is 7. The lowest BCUT2D eigenvalue weighted by Gasteiger charge is -2.32. The van der Waals surface area contributed by atoms with Gasteiger partial charge in [-0.25, -0.2) is 17.5 Å². The van der Waals surface area contributed by atoms with Gasteiger partial charge in [0.15, 0.2) is 12.4 Å². The molecule has 0 spiro atoms. The number of benzene rings is 2. The molecule has 1 saturated heterocycles.